The molecule has 0 unspecified atom stereocenters. The van der Waals surface area contributed by atoms with Gasteiger partial charge in [0.25, 0.3) is 5.91 Å². The number of nitrogens with zero attached hydrogens (tertiary/aromatic N) is 3. The van der Waals surface area contributed by atoms with Gasteiger partial charge in [-0.05, 0) is 24.3 Å². The van der Waals surface area contributed by atoms with E-state index in [0.717, 1.165) is 33.1 Å². The molecule has 154 valence electrons. The van der Waals surface area contributed by atoms with Crippen LogP contribution in [-0.2, 0) is 5.75 Å². The van der Waals surface area contributed by atoms with Gasteiger partial charge in [0.1, 0.15) is 12.4 Å². The van der Waals surface area contributed by atoms with Gasteiger partial charge in [-0.2, -0.15) is 5.10 Å². The van der Waals surface area contributed by atoms with Gasteiger partial charge in [-0.15, -0.1) is 11.8 Å². The zero-order valence-electron chi connectivity index (χ0n) is 17.0. The van der Waals surface area contributed by atoms with Crippen LogP contribution in [0.5, 0.6) is 5.75 Å². The van der Waals surface area contributed by atoms with Gasteiger partial charge in [0.2, 0.25) is 0 Å². The Labute approximate surface area is 185 Å². The summed E-state index contributed by atoms with van der Waals surface area (Å²) in [5.74, 6) is 1.25. The summed E-state index contributed by atoms with van der Waals surface area (Å²) in [6.07, 6.45) is 3.66. The van der Waals surface area contributed by atoms with E-state index >= 15 is 0 Å². The standard InChI is InChI=1S/C25H21N3O2S/c1-3-18-22(4-2)31-16-19-23(26-28(24(18)19)17-10-6-5-7-11-17)25(29)27-14-15-30-21-13-9-8-12-20(21)27/h3-13H,1-2,14-16H2. The molecule has 0 spiro atoms. The summed E-state index contributed by atoms with van der Waals surface area (Å²) in [6.45, 7) is 8.91. The van der Waals surface area contributed by atoms with Crippen LogP contribution in [0.15, 0.2) is 84.8 Å². The van der Waals surface area contributed by atoms with Crippen LogP contribution in [0.4, 0.5) is 5.69 Å². The number of hydrogen-bond acceptors (Lipinski definition) is 4. The number of rotatable bonds is 4. The number of ether oxygens (including phenoxy) is 1. The number of thioether (sulfide) groups is 1. The highest BCUT2D eigenvalue weighted by Gasteiger charge is 2.33. The minimum Gasteiger partial charge on any atom is -0.490 e. The topological polar surface area (TPSA) is 47.4 Å². The second-order valence-corrected chi connectivity index (χ2v) is 8.19. The largest absolute Gasteiger partial charge is 0.490 e. The van der Waals surface area contributed by atoms with Crippen molar-refractivity contribution in [3.8, 4) is 11.4 Å². The normalized spacial score (nSPS) is 15.0. The number of aromatic nitrogens is 2. The van der Waals surface area contributed by atoms with Crippen LogP contribution in [0.25, 0.3) is 11.3 Å². The molecule has 0 saturated carbocycles. The lowest BCUT2D eigenvalue weighted by Gasteiger charge is -2.29. The SMILES string of the molecule is C=CC1=C(C=C)c2c(c(C(=O)N3CCOc4ccccc43)nn2-c2ccccc2)CS1. The van der Waals surface area contributed by atoms with E-state index in [1.54, 1.807) is 16.7 Å². The molecule has 6 heteroatoms. The molecule has 31 heavy (non-hydrogen) atoms. The Morgan fingerprint density at radius 3 is 2.61 bits per heavy atom. The molecule has 1 aromatic heterocycles. The van der Waals surface area contributed by atoms with Crippen LogP contribution >= 0.6 is 11.8 Å². The lowest BCUT2D eigenvalue weighted by Crippen LogP contribution is -2.38. The van der Waals surface area contributed by atoms with Gasteiger partial charge in [-0.3, -0.25) is 4.79 Å². The van der Waals surface area contributed by atoms with Gasteiger partial charge in [0.15, 0.2) is 5.69 Å². The minimum atomic E-state index is -0.118. The van der Waals surface area contributed by atoms with Gasteiger partial charge in [-0.25, -0.2) is 4.68 Å². The highest BCUT2D eigenvalue weighted by molar-refractivity contribution is 8.02. The Bertz CT molecular complexity index is 1230. The van der Waals surface area contributed by atoms with E-state index in [4.69, 9.17) is 9.84 Å². The molecule has 0 bridgehead atoms. The molecule has 0 aliphatic carbocycles. The number of carbonyl (C=O) groups excluding carboxylic acids is 1. The Kier molecular flexibility index (Phi) is 5.00. The van der Waals surface area contributed by atoms with Crippen molar-refractivity contribution in [1.82, 2.24) is 9.78 Å². The number of para-hydroxylation sites is 3. The summed E-state index contributed by atoms with van der Waals surface area (Å²) < 4.78 is 7.59. The summed E-state index contributed by atoms with van der Waals surface area (Å²) in [6, 6.07) is 17.5. The second-order valence-electron chi connectivity index (χ2n) is 7.17. The Morgan fingerprint density at radius 1 is 1.06 bits per heavy atom. The first kappa shape index (κ1) is 19.5. The fourth-order valence-corrected chi connectivity index (χ4v) is 5.04. The molecule has 2 aromatic carbocycles. The first-order chi connectivity index (χ1) is 15.2. The van der Waals surface area contributed by atoms with Crippen molar-refractivity contribution >= 4 is 28.9 Å². The van der Waals surface area contributed by atoms with E-state index in [9.17, 15) is 4.79 Å². The maximum Gasteiger partial charge on any atom is 0.279 e. The van der Waals surface area contributed by atoms with Gasteiger partial charge in [0.05, 0.1) is 23.6 Å². The van der Waals surface area contributed by atoms with Crippen molar-refractivity contribution in [2.45, 2.75) is 5.75 Å². The molecule has 0 atom stereocenters. The molecule has 0 fully saturated rings. The maximum absolute atomic E-state index is 13.7. The van der Waals surface area contributed by atoms with Crippen LogP contribution in [0, 0.1) is 0 Å². The molecule has 1 amide bonds. The summed E-state index contributed by atoms with van der Waals surface area (Å²) in [4.78, 5) is 16.6. The van der Waals surface area contributed by atoms with Crippen molar-refractivity contribution < 1.29 is 9.53 Å². The Balaban J connectivity index is 1.69. The van der Waals surface area contributed by atoms with E-state index in [1.807, 2.05) is 71.4 Å². The average Bonchev–Trinajstić information content (AvgIpc) is 3.23. The fraction of sp³-hybridized carbons (Fsp3) is 0.120. The zero-order valence-corrected chi connectivity index (χ0v) is 17.8. The van der Waals surface area contributed by atoms with E-state index < -0.39 is 0 Å². The maximum atomic E-state index is 13.7. The highest BCUT2D eigenvalue weighted by atomic mass is 32.2. The smallest absolute Gasteiger partial charge is 0.279 e. The molecule has 5 rings (SSSR count). The molecule has 0 saturated heterocycles. The number of allylic oxidation sites excluding steroid dienone is 3. The van der Waals surface area contributed by atoms with E-state index in [2.05, 4.69) is 13.2 Å². The van der Waals surface area contributed by atoms with Crippen molar-refractivity contribution in [3.05, 3.63) is 102 Å². The monoisotopic (exact) mass is 427 g/mol. The minimum absolute atomic E-state index is 0.118. The molecule has 2 aliphatic rings. The number of anilines is 1. The third-order valence-corrected chi connectivity index (χ3v) is 6.57. The average molecular weight is 428 g/mol. The van der Waals surface area contributed by atoms with Gasteiger partial charge < -0.3 is 9.64 Å². The van der Waals surface area contributed by atoms with Crippen molar-refractivity contribution in [2.75, 3.05) is 18.1 Å². The van der Waals surface area contributed by atoms with Crippen LogP contribution < -0.4 is 9.64 Å². The van der Waals surface area contributed by atoms with E-state index in [1.165, 1.54) is 0 Å². The highest BCUT2D eigenvalue weighted by Crippen LogP contribution is 2.42. The lowest BCUT2D eigenvalue weighted by atomic mass is 10.0. The quantitative estimate of drug-likeness (QED) is 0.571. The van der Waals surface area contributed by atoms with Gasteiger partial charge in [0, 0.05) is 21.8 Å². The van der Waals surface area contributed by atoms with E-state index in [-0.39, 0.29) is 5.91 Å². The Hall–Kier alpha value is -3.51. The number of amides is 1. The molecule has 3 aromatic rings. The van der Waals surface area contributed by atoms with Crippen molar-refractivity contribution in [1.29, 1.82) is 0 Å². The van der Waals surface area contributed by atoms with Crippen molar-refractivity contribution in [3.63, 3.8) is 0 Å². The second kappa shape index (κ2) is 7.96. The molecule has 3 heterocycles. The number of benzene rings is 2. The lowest BCUT2D eigenvalue weighted by molar-refractivity contribution is 0.0970. The summed E-state index contributed by atoms with van der Waals surface area (Å²) in [5, 5.41) is 4.83. The Morgan fingerprint density at radius 2 is 1.84 bits per heavy atom. The molecular weight excluding hydrogens is 406 g/mol. The number of carbonyl (C=O) groups is 1. The van der Waals surface area contributed by atoms with Crippen LogP contribution in [-0.4, -0.2) is 28.8 Å². The molecule has 2 aliphatic heterocycles. The van der Waals surface area contributed by atoms with Crippen molar-refractivity contribution in [2.24, 2.45) is 0 Å². The summed E-state index contributed by atoms with van der Waals surface area (Å²) in [5.41, 5.74) is 4.90. The molecular formula is C25H21N3O2S. The predicted octanol–water partition coefficient (Wildman–Crippen LogP) is 5.24. The van der Waals surface area contributed by atoms with Crippen LogP contribution in [0.1, 0.15) is 21.7 Å². The molecule has 0 N–H and O–H groups in total. The van der Waals surface area contributed by atoms with Gasteiger partial charge in [-0.1, -0.05) is 55.6 Å². The molecule has 5 nitrogen and oxygen atoms in total. The third kappa shape index (κ3) is 3.20. The predicted molar refractivity (Wildman–Crippen MR) is 126 cm³/mol. The summed E-state index contributed by atoms with van der Waals surface area (Å²) >= 11 is 1.65. The zero-order chi connectivity index (χ0) is 21.4. The number of hydrogen-bond donors (Lipinski definition) is 0. The summed E-state index contributed by atoms with van der Waals surface area (Å²) in [7, 11) is 0. The fourth-order valence-electron chi connectivity index (χ4n) is 4.01. The molecule has 0 radical (unpaired) electrons. The number of fused-ring (bicyclic) bond motifs is 2. The first-order valence-corrected chi connectivity index (χ1v) is 11.0. The van der Waals surface area contributed by atoms with Crippen LogP contribution in [0.2, 0.25) is 0 Å². The van der Waals surface area contributed by atoms with Gasteiger partial charge >= 0.3 is 0 Å². The third-order valence-electron chi connectivity index (χ3n) is 5.44. The van der Waals surface area contributed by atoms with E-state index in [0.29, 0.717) is 30.3 Å². The first-order valence-electron chi connectivity index (χ1n) is 10.1. The van der Waals surface area contributed by atoms with Crippen LogP contribution in [0.3, 0.4) is 0 Å².